The van der Waals surface area contributed by atoms with Crippen molar-refractivity contribution in [2.75, 3.05) is 6.54 Å². The minimum atomic E-state index is -3.51. The topological polar surface area (TPSA) is 72.2 Å². The van der Waals surface area contributed by atoms with Crippen molar-refractivity contribution in [3.8, 4) is 0 Å². The number of thiophene rings is 1. The second-order valence-electron chi connectivity index (χ2n) is 3.00. The molecular formula is C7H10N2O2S2. The van der Waals surface area contributed by atoms with Crippen LogP contribution in [0.4, 0.5) is 0 Å². The third-order valence-electron chi connectivity index (χ3n) is 2.05. The Labute approximate surface area is 80.8 Å². The van der Waals surface area contributed by atoms with Gasteiger partial charge in [-0.15, -0.1) is 11.3 Å². The standard InChI is InChI=1S/C7H10N2O2S2/c8-13(10,11)7-2-1-6(12-7)5-3-4-9-5/h1-2,5,9H,3-4H2,(H2,8,10,11). The lowest BCUT2D eigenvalue weighted by Crippen LogP contribution is -2.34. The largest absolute Gasteiger partial charge is 0.309 e. The first kappa shape index (κ1) is 9.14. The minimum Gasteiger partial charge on any atom is -0.309 e. The lowest BCUT2D eigenvalue weighted by Gasteiger charge is -2.26. The van der Waals surface area contributed by atoms with Crippen LogP contribution in [0.1, 0.15) is 17.3 Å². The first-order valence-corrected chi connectivity index (χ1v) is 6.29. The Hall–Kier alpha value is -0.430. The summed E-state index contributed by atoms with van der Waals surface area (Å²) in [7, 11) is -3.51. The Balaban J connectivity index is 2.27. The van der Waals surface area contributed by atoms with Crippen molar-refractivity contribution in [3.63, 3.8) is 0 Å². The van der Waals surface area contributed by atoms with Crippen molar-refractivity contribution in [3.05, 3.63) is 17.0 Å². The van der Waals surface area contributed by atoms with Crippen LogP contribution in [0, 0.1) is 0 Å². The smallest absolute Gasteiger partial charge is 0.247 e. The van der Waals surface area contributed by atoms with E-state index >= 15 is 0 Å². The van der Waals surface area contributed by atoms with Crippen molar-refractivity contribution in [1.82, 2.24) is 5.32 Å². The van der Waals surface area contributed by atoms with Gasteiger partial charge in [-0.2, -0.15) is 0 Å². The van der Waals surface area contributed by atoms with Crippen LogP contribution in [0.25, 0.3) is 0 Å². The van der Waals surface area contributed by atoms with Crippen LogP contribution in [0.15, 0.2) is 16.3 Å². The summed E-state index contributed by atoms with van der Waals surface area (Å²) in [5.41, 5.74) is 0. The molecule has 0 spiro atoms. The molecule has 0 amide bonds. The molecule has 0 radical (unpaired) electrons. The van der Waals surface area contributed by atoms with Crippen molar-refractivity contribution in [1.29, 1.82) is 0 Å². The van der Waals surface area contributed by atoms with Gasteiger partial charge < -0.3 is 5.32 Å². The van der Waals surface area contributed by atoms with Gasteiger partial charge in [0.05, 0.1) is 0 Å². The SMILES string of the molecule is NS(=O)(=O)c1ccc(C2CCN2)s1. The molecule has 0 aromatic carbocycles. The maximum Gasteiger partial charge on any atom is 0.247 e. The second kappa shape index (κ2) is 3.06. The van der Waals surface area contributed by atoms with Gasteiger partial charge >= 0.3 is 0 Å². The van der Waals surface area contributed by atoms with E-state index in [0.717, 1.165) is 17.8 Å². The normalized spacial score (nSPS) is 22.7. The van der Waals surface area contributed by atoms with E-state index in [1.807, 2.05) is 6.07 Å². The molecule has 2 rings (SSSR count). The van der Waals surface area contributed by atoms with Crippen LogP contribution in [0.3, 0.4) is 0 Å². The number of nitrogens with two attached hydrogens (primary N) is 1. The van der Waals surface area contributed by atoms with Gasteiger partial charge in [-0.1, -0.05) is 0 Å². The molecular weight excluding hydrogens is 208 g/mol. The summed E-state index contributed by atoms with van der Waals surface area (Å²) in [6.07, 6.45) is 1.07. The highest BCUT2D eigenvalue weighted by atomic mass is 32.2. The molecule has 0 aliphatic carbocycles. The third-order valence-corrected chi connectivity index (χ3v) is 4.69. The predicted octanol–water partition coefficient (Wildman–Crippen LogP) is 0.430. The summed E-state index contributed by atoms with van der Waals surface area (Å²) >= 11 is 1.25. The minimum absolute atomic E-state index is 0.246. The van der Waals surface area contributed by atoms with Crippen LogP contribution < -0.4 is 10.5 Å². The fourth-order valence-electron chi connectivity index (χ4n) is 1.21. The number of rotatable bonds is 2. The van der Waals surface area contributed by atoms with Crippen LogP contribution >= 0.6 is 11.3 Å². The summed E-state index contributed by atoms with van der Waals surface area (Å²) < 4.78 is 22.1. The molecule has 1 aromatic rings. The van der Waals surface area contributed by atoms with Crippen molar-refractivity contribution >= 4 is 21.4 Å². The molecule has 1 aromatic heterocycles. The molecule has 1 atom stereocenters. The maximum absolute atomic E-state index is 10.9. The molecule has 13 heavy (non-hydrogen) atoms. The Kier molecular flexibility index (Phi) is 2.15. The quantitative estimate of drug-likeness (QED) is 0.756. The average molecular weight is 218 g/mol. The van der Waals surface area contributed by atoms with E-state index in [9.17, 15) is 8.42 Å². The van der Waals surface area contributed by atoms with Gasteiger partial charge in [-0.05, 0) is 25.1 Å². The van der Waals surface area contributed by atoms with Gasteiger partial charge in [0.1, 0.15) is 4.21 Å². The molecule has 0 bridgehead atoms. The Bertz CT molecular complexity index is 406. The van der Waals surface area contributed by atoms with Crippen LogP contribution in [0.2, 0.25) is 0 Å². The number of hydrogen-bond donors (Lipinski definition) is 2. The van der Waals surface area contributed by atoms with E-state index in [2.05, 4.69) is 5.32 Å². The predicted molar refractivity (Wildman–Crippen MR) is 51.1 cm³/mol. The Morgan fingerprint density at radius 1 is 1.54 bits per heavy atom. The number of nitrogens with one attached hydrogen (secondary N) is 1. The van der Waals surface area contributed by atoms with E-state index in [1.165, 1.54) is 11.3 Å². The number of primary sulfonamides is 1. The zero-order valence-electron chi connectivity index (χ0n) is 6.86. The summed E-state index contributed by atoms with van der Waals surface area (Å²) in [6.45, 7) is 1.01. The average Bonchev–Trinajstić information content (AvgIpc) is 2.29. The van der Waals surface area contributed by atoms with Crippen LogP contribution in [0.5, 0.6) is 0 Å². The zero-order valence-corrected chi connectivity index (χ0v) is 8.49. The maximum atomic E-state index is 10.9. The Morgan fingerprint density at radius 3 is 2.62 bits per heavy atom. The lowest BCUT2D eigenvalue weighted by molar-refractivity contribution is 0.389. The van der Waals surface area contributed by atoms with Crippen molar-refractivity contribution in [2.45, 2.75) is 16.7 Å². The fraction of sp³-hybridized carbons (Fsp3) is 0.429. The Morgan fingerprint density at radius 2 is 2.23 bits per heavy atom. The molecule has 1 aliphatic heterocycles. The van der Waals surface area contributed by atoms with E-state index in [0.29, 0.717) is 6.04 Å². The summed E-state index contributed by atoms with van der Waals surface area (Å²) in [6, 6.07) is 3.72. The van der Waals surface area contributed by atoms with Gasteiger partial charge in [0, 0.05) is 10.9 Å². The van der Waals surface area contributed by atoms with Gasteiger partial charge in [-0.3, -0.25) is 0 Å². The number of hydrogen-bond acceptors (Lipinski definition) is 4. The van der Waals surface area contributed by atoms with Crippen molar-refractivity contribution < 1.29 is 8.42 Å². The molecule has 1 aliphatic rings. The lowest BCUT2D eigenvalue weighted by atomic mass is 10.1. The fourth-order valence-corrected chi connectivity index (χ4v) is 3.07. The highest BCUT2D eigenvalue weighted by Crippen LogP contribution is 2.30. The van der Waals surface area contributed by atoms with E-state index in [-0.39, 0.29) is 4.21 Å². The van der Waals surface area contributed by atoms with Crippen molar-refractivity contribution in [2.24, 2.45) is 5.14 Å². The van der Waals surface area contributed by atoms with E-state index < -0.39 is 10.0 Å². The van der Waals surface area contributed by atoms with E-state index in [4.69, 9.17) is 5.14 Å². The molecule has 1 fully saturated rings. The van der Waals surface area contributed by atoms with Gasteiger partial charge in [-0.25, -0.2) is 13.6 Å². The second-order valence-corrected chi connectivity index (χ2v) is 5.90. The molecule has 6 heteroatoms. The highest BCUT2D eigenvalue weighted by molar-refractivity contribution is 7.91. The molecule has 0 saturated carbocycles. The molecule has 3 N–H and O–H groups in total. The number of sulfonamides is 1. The third kappa shape index (κ3) is 1.76. The summed E-state index contributed by atoms with van der Waals surface area (Å²) in [5, 5.41) is 8.19. The molecule has 1 unspecified atom stereocenters. The zero-order chi connectivity index (χ0) is 9.47. The van der Waals surface area contributed by atoms with Gasteiger partial charge in [0.2, 0.25) is 10.0 Å². The van der Waals surface area contributed by atoms with Crippen LogP contribution in [-0.2, 0) is 10.0 Å². The van der Waals surface area contributed by atoms with E-state index in [1.54, 1.807) is 6.07 Å². The molecule has 1 saturated heterocycles. The summed E-state index contributed by atoms with van der Waals surface area (Å²) in [4.78, 5) is 1.05. The first-order valence-electron chi connectivity index (χ1n) is 3.93. The highest BCUT2D eigenvalue weighted by Gasteiger charge is 2.21. The summed E-state index contributed by atoms with van der Waals surface area (Å²) in [5.74, 6) is 0. The molecule has 2 heterocycles. The van der Waals surface area contributed by atoms with Gasteiger partial charge in [0.25, 0.3) is 0 Å². The monoisotopic (exact) mass is 218 g/mol. The molecule has 72 valence electrons. The van der Waals surface area contributed by atoms with Gasteiger partial charge in [0.15, 0.2) is 0 Å². The molecule has 4 nitrogen and oxygen atoms in total. The first-order chi connectivity index (χ1) is 6.07. The van der Waals surface area contributed by atoms with Crippen LogP contribution in [-0.4, -0.2) is 15.0 Å².